The third-order valence-electron chi connectivity index (χ3n) is 2.19. The topological polar surface area (TPSA) is 26.1 Å². The highest BCUT2D eigenvalue weighted by Gasteiger charge is 2.31. The molecule has 1 atom stereocenters. The Hall–Kier alpha value is -0.0800. The Balaban J connectivity index is 1.80. The van der Waals surface area contributed by atoms with Crippen LogP contribution in [0.15, 0.2) is 0 Å². The average Bonchev–Trinajstić information content (AvgIpc) is 2.71. The predicted molar refractivity (Wildman–Crippen MR) is 36.4 cm³/mol. The zero-order valence-corrected chi connectivity index (χ0v) is 5.64. The van der Waals surface area contributed by atoms with Gasteiger partial charge < -0.3 is 5.32 Å². The molecule has 2 nitrogen and oxygen atoms in total. The van der Waals surface area contributed by atoms with E-state index in [9.17, 15) is 0 Å². The summed E-state index contributed by atoms with van der Waals surface area (Å²) in [5.41, 5.74) is 0. The van der Waals surface area contributed by atoms with Gasteiger partial charge in [0, 0.05) is 25.7 Å². The van der Waals surface area contributed by atoms with E-state index in [2.05, 4.69) is 10.6 Å². The molecular weight excluding hydrogens is 112 g/mol. The fourth-order valence-corrected chi connectivity index (χ4v) is 1.44. The first-order valence-corrected chi connectivity index (χ1v) is 3.83. The Morgan fingerprint density at radius 3 is 2.78 bits per heavy atom. The molecule has 1 N–H and O–H groups in total. The lowest BCUT2D eigenvalue weighted by Gasteiger charge is -2.22. The van der Waals surface area contributed by atoms with Crippen molar-refractivity contribution in [2.75, 3.05) is 19.6 Å². The van der Waals surface area contributed by atoms with E-state index in [-0.39, 0.29) is 0 Å². The molecule has 0 aromatic carbocycles. The molecule has 1 saturated heterocycles. The molecule has 2 aliphatic rings. The second kappa shape index (κ2) is 2.27. The molecule has 0 aromatic rings. The van der Waals surface area contributed by atoms with Gasteiger partial charge in [-0.25, -0.2) is 5.32 Å². The van der Waals surface area contributed by atoms with E-state index in [0.717, 1.165) is 31.6 Å². The van der Waals surface area contributed by atoms with Crippen LogP contribution in [0.3, 0.4) is 0 Å². The highest BCUT2D eigenvalue weighted by molar-refractivity contribution is 4.89. The maximum atomic E-state index is 4.36. The van der Waals surface area contributed by atoms with E-state index in [1.165, 1.54) is 12.8 Å². The van der Waals surface area contributed by atoms with Gasteiger partial charge in [-0.1, -0.05) is 0 Å². The van der Waals surface area contributed by atoms with E-state index >= 15 is 0 Å². The Morgan fingerprint density at radius 2 is 2.22 bits per heavy atom. The largest absolute Gasteiger partial charge is 0.311 e. The Bertz CT molecular complexity index is 93.1. The van der Waals surface area contributed by atoms with Gasteiger partial charge in [0.15, 0.2) is 0 Å². The molecule has 1 heterocycles. The van der Waals surface area contributed by atoms with Crippen LogP contribution in [0.1, 0.15) is 12.8 Å². The molecule has 1 radical (unpaired) electrons. The van der Waals surface area contributed by atoms with Crippen molar-refractivity contribution in [2.45, 2.75) is 18.9 Å². The zero-order chi connectivity index (χ0) is 6.10. The molecule has 0 aromatic heterocycles. The van der Waals surface area contributed by atoms with Crippen molar-refractivity contribution in [3.05, 3.63) is 0 Å². The van der Waals surface area contributed by atoms with E-state index in [4.69, 9.17) is 0 Å². The molecule has 2 heteroatoms. The lowest BCUT2D eigenvalue weighted by molar-refractivity contribution is 0.380. The standard InChI is InChI=1S/C7H13N2/c1-2-6(1)7-5-8-3-4-9-7/h6-7,9H,1-5H2. The lowest BCUT2D eigenvalue weighted by Crippen LogP contribution is -2.46. The highest BCUT2D eigenvalue weighted by Crippen LogP contribution is 2.32. The number of nitrogens with zero attached hydrogens (tertiary/aromatic N) is 1. The van der Waals surface area contributed by atoms with Gasteiger partial charge >= 0.3 is 0 Å². The van der Waals surface area contributed by atoms with Crippen LogP contribution in [0.25, 0.3) is 0 Å². The van der Waals surface area contributed by atoms with Crippen LogP contribution in [0.2, 0.25) is 0 Å². The second-order valence-corrected chi connectivity index (χ2v) is 3.03. The van der Waals surface area contributed by atoms with Crippen molar-refractivity contribution in [1.29, 1.82) is 0 Å². The third kappa shape index (κ3) is 1.25. The van der Waals surface area contributed by atoms with Crippen molar-refractivity contribution >= 4 is 0 Å². The molecule has 1 unspecified atom stereocenters. The first kappa shape index (κ1) is 5.69. The molecule has 2 rings (SSSR count). The summed E-state index contributed by atoms with van der Waals surface area (Å²) in [7, 11) is 0. The average molecular weight is 125 g/mol. The summed E-state index contributed by atoms with van der Waals surface area (Å²) in [5, 5.41) is 7.84. The smallest absolute Gasteiger partial charge is 0.0290 e. The van der Waals surface area contributed by atoms with Gasteiger partial charge in [-0.05, 0) is 18.8 Å². The number of rotatable bonds is 1. The van der Waals surface area contributed by atoms with Crippen LogP contribution in [-0.2, 0) is 0 Å². The van der Waals surface area contributed by atoms with Crippen molar-refractivity contribution in [3.63, 3.8) is 0 Å². The highest BCUT2D eigenvalue weighted by atomic mass is 15.1. The zero-order valence-electron chi connectivity index (χ0n) is 5.64. The van der Waals surface area contributed by atoms with E-state index in [0.29, 0.717) is 0 Å². The summed E-state index contributed by atoms with van der Waals surface area (Å²) >= 11 is 0. The molecule has 9 heavy (non-hydrogen) atoms. The Kier molecular flexibility index (Phi) is 1.44. The minimum Gasteiger partial charge on any atom is -0.311 e. The number of nitrogens with one attached hydrogen (secondary N) is 1. The number of piperazine rings is 1. The van der Waals surface area contributed by atoms with Crippen LogP contribution >= 0.6 is 0 Å². The summed E-state index contributed by atoms with van der Waals surface area (Å²) in [5.74, 6) is 0.981. The van der Waals surface area contributed by atoms with Crippen molar-refractivity contribution in [3.8, 4) is 0 Å². The normalized spacial score (nSPS) is 36.7. The van der Waals surface area contributed by atoms with E-state index < -0.39 is 0 Å². The fourth-order valence-electron chi connectivity index (χ4n) is 1.44. The minimum atomic E-state index is 0.749. The van der Waals surface area contributed by atoms with Crippen molar-refractivity contribution in [1.82, 2.24) is 10.6 Å². The SMILES string of the molecule is C1CNC(C2CC2)C[N]1. The van der Waals surface area contributed by atoms with E-state index in [1.54, 1.807) is 0 Å². The number of hydrogen-bond donors (Lipinski definition) is 1. The van der Waals surface area contributed by atoms with Gasteiger partial charge in [-0.3, -0.25) is 0 Å². The van der Waals surface area contributed by atoms with Crippen LogP contribution < -0.4 is 10.6 Å². The fraction of sp³-hybridized carbons (Fsp3) is 1.00. The molecule has 0 bridgehead atoms. The second-order valence-electron chi connectivity index (χ2n) is 3.03. The van der Waals surface area contributed by atoms with Gasteiger partial charge in [-0.15, -0.1) is 0 Å². The maximum absolute atomic E-state index is 4.36. The maximum Gasteiger partial charge on any atom is 0.0290 e. The van der Waals surface area contributed by atoms with Gasteiger partial charge in [-0.2, -0.15) is 0 Å². The Morgan fingerprint density at radius 1 is 1.33 bits per heavy atom. The van der Waals surface area contributed by atoms with Crippen LogP contribution in [-0.4, -0.2) is 25.7 Å². The quantitative estimate of drug-likeness (QED) is 0.523. The van der Waals surface area contributed by atoms with Gasteiger partial charge in [0.2, 0.25) is 0 Å². The molecule has 1 saturated carbocycles. The summed E-state index contributed by atoms with van der Waals surface area (Å²) in [4.78, 5) is 0. The van der Waals surface area contributed by atoms with Crippen molar-refractivity contribution < 1.29 is 0 Å². The summed E-state index contributed by atoms with van der Waals surface area (Å²) in [6.07, 6.45) is 2.88. The number of hydrogen-bond acceptors (Lipinski definition) is 1. The molecule has 0 spiro atoms. The van der Waals surface area contributed by atoms with Crippen LogP contribution in [0.5, 0.6) is 0 Å². The first-order chi connectivity index (χ1) is 4.47. The van der Waals surface area contributed by atoms with Gasteiger partial charge in [0.25, 0.3) is 0 Å². The molecule has 1 aliphatic heterocycles. The predicted octanol–water partition coefficient (Wildman–Crippen LogP) is -0.0274. The summed E-state index contributed by atoms with van der Waals surface area (Å²) in [6.45, 7) is 3.22. The third-order valence-corrected chi connectivity index (χ3v) is 2.19. The van der Waals surface area contributed by atoms with Crippen molar-refractivity contribution in [2.24, 2.45) is 5.92 Å². The molecule has 51 valence electrons. The monoisotopic (exact) mass is 125 g/mol. The minimum absolute atomic E-state index is 0.749. The van der Waals surface area contributed by atoms with Crippen LogP contribution in [0, 0.1) is 5.92 Å². The first-order valence-electron chi connectivity index (χ1n) is 3.83. The molecule has 0 amide bonds. The molecular formula is C7H13N2. The summed E-state index contributed by atoms with van der Waals surface area (Å²) in [6, 6.07) is 0.749. The lowest BCUT2D eigenvalue weighted by atomic mass is 10.1. The van der Waals surface area contributed by atoms with E-state index in [1.807, 2.05) is 0 Å². The molecule has 1 aliphatic carbocycles. The van der Waals surface area contributed by atoms with Gasteiger partial charge in [0.1, 0.15) is 0 Å². The van der Waals surface area contributed by atoms with Gasteiger partial charge in [0.05, 0.1) is 0 Å². The molecule has 2 fully saturated rings. The Labute approximate surface area is 56.0 Å². The van der Waals surface area contributed by atoms with Crippen LogP contribution in [0.4, 0.5) is 0 Å². The summed E-state index contributed by atoms with van der Waals surface area (Å²) < 4.78 is 0.